The number of aryl methyl sites for hydroxylation is 1. The van der Waals surface area contributed by atoms with Crippen LogP contribution in [0.1, 0.15) is 42.9 Å². The molecule has 1 aliphatic heterocycles. The monoisotopic (exact) mass is 559 g/mol. The van der Waals surface area contributed by atoms with Crippen LogP contribution in [0.25, 0.3) is 11.1 Å². The minimum atomic E-state index is -1.47. The van der Waals surface area contributed by atoms with Gasteiger partial charge in [0.05, 0.1) is 6.20 Å². The molecule has 2 aromatic carbocycles. The Morgan fingerprint density at radius 3 is 2.61 bits per heavy atom. The summed E-state index contributed by atoms with van der Waals surface area (Å²) in [6, 6.07) is 11.4. The van der Waals surface area contributed by atoms with Gasteiger partial charge in [0.1, 0.15) is 18.9 Å². The van der Waals surface area contributed by atoms with Crippen LogP contribution in [-0.4, -0.2) is 56.0 Å². The first-order valence-electron chi connectivity index (χ1n) is 13.7. The topological polar surface area (TPSA) is 128 Å². The number of hydrogen-bond acceptors (Lipinski definition) is 6. The SMILES string of the molecule is CC(C1CC1)N(Cc1ccc(F)cc1)C(=O)CN1C(=O)O[C@@]2(CCc3cc(-c4cnn(CC(N)=O)c4)ccc32)C1=O. The van der Waals surface area contributed by atoms with E-state index in [2.05, 4.69) is 5.10 Å². The van der Waals surface area contributed by atoms with Gasteiger partial charge in [-0.15, -0.1) is 0 Å². The number of fused-ring (bicyclic) bond motifs is 2. The van der Waals surface area contributed by atoms with Gasteiger partial charge < -0.3 is 15.4 Å². The molecule has 11 heteroatoms. The summed E-state index contributed by atoms with van der Waals surface area (Å²) in [6.45, 7) is 1.76. The van der Waals surface area contributed by atoms with Crippen LogP contribution in [0, 0.1) is 11.7 Å². The van der Waals surface area contributed by atoms with Crippen molar-refractivity contribution in [1.82, 2.24) is 19.6 Å². The minimum absolute atomic E-state index is 0.0339. The van der Waals surface area contributed by atoms with Crippen molar-refractivity contribution in [3.63, 3.8) is 0 Å². The summed E-state index contributed by atoms with van der Waals surface area (Å²) in [5, 5.41) is 4.16. The molecule has 1 unspecified atom stereocenters. The molecule has 1 spiro atoms. The Hall–Kier alpha value is -4.54. The number of rotatable bonds is 9. The number of aromatic nitrogens is 2. The van der Waals surface area contributed by atoms with E-state index in [0.29, 0.717) is 17.9 Å². The zero-order valence-electron chi connectivity index (χ0n) is 22.6. The Morgan fingerprint density at radius 2 is 1.90 bits per heavy atom. The predicted molar refractivity (Wildman–Crippen MR) is 144 cm³/mol. The van der Waals surface area contributed by atoms with Crippen LogP contribution in [0.4, 0.5) is 9.18 Å². The normalized spacial score (nSPS) is 20.3. The van der Waals surface area contributed by atoms with Gasteiger partial charge >= 0.3 is 6.09 Å². The van der Waals surface area contributed by atoms with Gasteiger partial charge in [-0.3, -0.25) is 19.1 Å². The van der Waals surface area contributed by atoms with E-state index in [4.69, 9.17) is 10.5 Å². The number of carbonyl (C=O) groups excluding carboxylic acids is 4. The number of nitrogens with zero attached hydrogens (tertiary/aromatic N) is 4. The van der Waals surface area contributed by atoms with Crippen LogP contribution in [-0.2, 0) is 44.2 Å². The Balaban J connectivity index is 1.21. The Labute approximate surface area is 235 Å². The number of imide groups is 1. The quantitative estimate of drug-likeness (QED) is 0.429. The second-order valence-electron chi connectivity index (χ2n) is 11.1. The molecule has 3 aromatic rings. The van der Waals surface area contributed by atoms with E-state index in [1.807, 2.05) is 19.1 Å². The molecule has 6 rings (SSSR count). The van der Waals surface area contributed by atoms with Crippen molar-refractivity contribution in [2.24, 2.45) is 11.7 Å². The van der Waals surface area contributed by atoms with Crippen molar-refractivity contribution in [3.05, 3.63) is 77.4 Å². The largest absolute Gasteiger partial charge is 0.427 e. The molecule has 2 fully saturated rings. The van der Waals surface area contributed by atoms with Gasteiger partial charge in [0.2, 0.25) is 17.4 Å². The summed E-state index contributed by atoms with van der Waals surface area (Å²) in [5.74, 6) is -1.42. The molecule has 1 saturated heterocycles. The molecule has 4 amide bonds. The fourth-order valence-corrected chi connectivity index (χ4v) is 5.90. The highest BCUT2D eigenvalue weighted by atomic mass is 19.1. The molecule has 212 valence electrons. The van der Waals surface area contributed by atoms with Crippen molar-refractivity contribution >= 4 is 23.8 Å². The third-order valence-electron chi connectivity index (χ3n) is 8.32. The van der Waals surface area contributed by atoms with Gasteiger partial charge in [-0.1, -0.05) is 30.3 Å². The molecule has 2 N–H and O–H groups in total. The van der Waals surface area contributed by atoms with Crippen molar-refractivity contribution < 1.29 is 28.3 Å². The van der Waals surface area contributed by atoms with Gasteiger partial charge in [0.15, 0.2) is 0 Å². The lowest BCUT2D eigenvalue weighted by atomic mass is 9.93. The van der Waals surface area contributed by atoms with E-state index in [1.54, 1.807) is 35.5 Å². The molecule has 10 nitrogen and oxygen atoms in total. The van der Waals surface area contributed by atoms with Crippen LogP contribution < -0.4 is 5.73 Å². The van der Waals surface area contributed by atoms with E-state index in [0.717, 1.165) is 40.0 Å². The summed E-state index contributed by atoms with van der Waals surface area (Å²) in [5.41, 5.74) is 7.63. The maximum atomic E-state index is 13.7. The number of carbonyl (C=O) groups is 4. The van der Waals surface area contributed by atoms with Crippen LogP contribution in [0.2, 0.25) is 0 Å². The maximum absolute atomic E-state index is 13.7. The van der Waals surface area contributed by atoms with Crippen LogP contribution in [0.15, 0.2) is 54.9 Å². The first-order chi connectivity index (χ1) is 19.6. The number of benzene rings is 2. The molecule has 2 aliphatic carbocycles. The van der Waals surface area contributed by atoms with Gasteiger partial charge in [-0.25, -0.2) is 14.1 Å². The maximum Gasteiger partial charge on any atom is 0.418 e. The Bertz CT molecular complexity index is 1550. The number of amides is 4. The summed E-state index contributed by atoms with van der Waals surface area (Å²) in [6.07, 6.45) is 5.30. The Kier molecular flexibility index (Phi) is 6.59. The molecule has 2 atom stereocenters. The molecule has 41 heavy (non-hydrogen) atoms. The number of nitrogens with two attached hydrogens (primary N) is 1. The van der Waals surface area contributed by atoms with Gasteiger partial charge in [-0.2, -0.15) is 5.10 Å². The number of halogens is 1. The summed E-state index contributed by atoms with van der Waals surface area (Å²) in [7, 11) is 0. The molecule has 3 aliphatic rings. The molecular formula is C30H30FN5O5. The molecule has 1 saturated carbocycles. The second-order valence-corrected chi connectivity index (χ2v) is 11.1. The smallest absolute Gasteiger partial charge is 0.418 e. The van der Waals surface area contributed by atoms with Crippen molar-refractivity contribution in [1.29, 1.82) is 0 Å². The van der Waals surface area contributed by atoms with Crippen LogP contribution in [0.5, 0.6) is 0 Å². The second kappa shape index (κ2) is 10.1. The highest BCUT2D eigenvalue weighted by Gasteiger charge is 2.58. The van der Waals surface area contributed by atoms with E-state index in [-0.39, 0.29) is 37.3 Å². The average Bonchev–Trinajstić information content (AvgIpc) is 3.53. The average molecular weight is 560 g/mol. The first kappa shape index (κ1) is 26.7. The number of primary amides is 1. The zero-order chi connectivity index (χ0) is 28.9. The van der Waals surface area contributed by atoms with Gasteiger partial charge in [-0.05, 0) is 60.9 Å². The van der Waals surface area contributed by atoms with Crippen LogP contribution in [0.3, 0.4) is 0 Å². The van der Waals surface area contributed by atoms with E-state index in [9.17, 15) is 23.6 Å². The summed E-state index contributed by atoms with van der Waals surface area (Å²) >= 11 is 0. The van der Waals surface area contributed by atoms with E-state index >= 15 is 0 Å². The Morgan fingerprint density at radius 1 is 1.15 bits per heavy atom. The number of ether oxygens (including phenoxy) is 1. The van der Waals surface area contributed by atoms with Gasteiger partial charge in [0.25, 0.3) is 5.91 Å². The van der Waals surface area contributed by atoms with E-state index in [1.165, 1.54) is 16.8 Å². The van der Waals surface area contributed by atoms with Crippen molar-refractivity contribution in [2.75, 3.05) is 6.54 Å². The summed E-state index contributed by atoms with van der Waals surface area (Å²) in [4.78, 5) is 54.1. The van der Waals surface area contributed by atoms with Gasteiger partial charge in [0, 0.05) is 36.3 Å². The lowest BCUT2D eigenvalue weighted by Gasteiger charge is -2.30. The lowest BCUT2D eigenvalue weighted by Crippen LogP contribution is -2.47. The molecule has 2 heterocycles. The molecular weight excluding hydrogens is 529 g/mol. The zero-order valence-corrected chi connectivity index (χ0v) is 22.6. The third kappa shape index (κ3) is 4.96. The molecule has 0 radical (unpaired) electrons. The standard InChI is InChI=1S/C30H30FN5O5/c1-18(20-4-5-20)35(14-19-2-7-24(31)8-3-19)27(38)17-36-28(39)30(41-29(36)40)11-10-22-12-21(6-9-25(22)30)23-13-33-34(15-23)16-26(32)37/h2-3,6-9,12-13,15,18,20H,4-5,10-11,14,16-17H2,1H3,(H2,32,37)/t18?,30-/m1/s1. The van der Waals surface area contributed by atoms with Crippen LogP contribution >= 0.6 is 0 Å². The van der Waals surface area contributed by atoms with Crippen molar-refractivity contribution in [2.45, 2.75) is 57.3 Å². The van der Waals surface area contributed by atoms with Crippen molar-refractivity contribution in [3.8, 4) is 11.1 Å². The van der Waals surface area contributed by atoms with E-state index < -0.39 is 30.1 Å². The fraction of sp³-hybridized carbons (Fsp3) is 0.367. The third-order valence-corrected chi connectivity index (χ3v) is 8.32. The molecule has 0 bridgehead atoms. The predicted octanol–water partition coefficient (Wildman–Crippen LogP) is 3.12. The lowest BCUT2D eigenvalue weighted by molar-refractivity contribution is -0.143. The highest BCUT2D eigenvalue weighted by molar-refractivity contribution is 6.06. The molecule has 1 aromatic heterocycles. The highest BCUT2D eigenvalue weighted by Crippen LogP contribution is 2.46. The fourth-order valence-electron chi connectivity index (χ4n) is 5.90. The summed E-state index contributed by atoms with van der Waals surface area (Å²) < 4.78 is 20.6. The number of hydrogen-bond donors (Lipinski definition) is 1. The minimum Gasteiger partial charge on any atom is -0.427 e. The first-order valence-corrected chi connectivity index (χ1v) is 13.7.